The summed E-state index contributed by atoms with van der Waals surface area (Å²) in [7, 11) is 0. The zero-order valence-corrected chi connectivity index (χ0v) is 19.6. The van der Waals surface area contributed by atoms with E-state index in [1.165, 1.54) is 54.9 Å². The molecule has 0 spiro atoms. The van der Waals surface area contributed by atoms with Crippen LogP contribution in [0.3, 0.4) is 0 Å². The van der Waals surface area contributed by atoms with E-state index in [0.717, 1.165) is 4.47 Å². The van der Waals surface area contributed by atoms with Gasteiger partial charge in [-0.1, -0.05) is 121 Å². The van der Waals surface area contributed by atoms with Crippen LogP contribution >= 0.6 is 15.9 Å². The highest BCUT2D eigenvalue weighted by atomic mass is 79.9. The van der Waals surface area contributed by atoms with Gasteiger partial charge in [0.1, 0.15) is 0 Å². The molecule has 0 unspecified atom stereocenters. The maximum atomic E-state index is 3.91. The summed E-state index contributed by atoms with van der Waals surface area (Å²) in [5.74, 6) is 0. The molecule has 33 heavy (non-hydrogen) atoms. The summed E-state index contributed by atoms with van der Waals surface area (Å²) in [4.78, 5) is 0. The number of halogens is 1. The van der Waals surface area contributed by atoms with Crippen molar-refractivity contribution in [1.29, 1.82) is 0 Å². The molecule has 156 valence electrons. The number of hydrogen-bond donors (Lipinski definition) is 0. The van der Waals surface area contributed by atoms with Gasteiger partial charge in [0.2, 0.25) is 0 Å². The first-order chi connectivity index (χ1) is 16.3. The number of rotatable bonds is 3. The first-order valence-electron chi connectivity index (χ1n) is 11.1. The van der Waals surface area contributed by atoms with E-state index in [9.17, 15) is 0 Å². The molecule has 0 saturated heterocycles. The van der Waals surface area contributed by atoms with Gasteiger partial charge in [0.15, 0.2) is 0 Å². The Morgan fingerprint density at radius 3 is 1.45 bits per heavy atom. The Balaban J connectivity index is 1.57. The molecule has 0 bridgehead atoms. The Morgan fingerprint density at radius 2 is 0.788 bits per heavy atom. The van der Waals surface area contributed by atoms with Crippen LogP contribution in [0, 0.1) is 0 Å². The van der Waals surface area contributed by atoms with Crippen molar-refractivity contribution in [2.24, 2.45) is 0 Å². The molecule has 6 aromatic carbocycles. The van der Waals surface area contributed by atoms with E-state index in [-0.39, 0.29) is 0 Å². The van der Waals surface area contributed by atoms with Gasteiger partial charge < -0.3 is 0 Å². The van der Waals surface area contributed by atoms with Gasteiger partial charge in [-0.3, -0.25) is 0 Å². The van der Waals surface area contributed by atoms with Crippen molar-refractivity contribution in [3.05, 3.63) is 132 Å². The zero-order chi connectivity index (χ0) is 22.2. The monoisotopic (exact) mass is 484 g/mol. The lowest BCUT2D eigenvalue weighted by Crippen LogP contribution is -1.89. The molecule has 0 N–H and O–H groups in total. The normalized spacial score (nSPS) is 11.2. The van der Waals surface area contributed by atoms with Gasteiger partial charge >= 0.3 is 0 Å². The highest BCUT2D eigenvalue weighted by Gasteiger charge is 2.14. The second-order valence-electron chi connectivity index (χ2n) is 8.30. The standard InChI is InChI=1S/C32H21Br/c33-32-28-14-8-7-13-27(28)31(25-11-5-2-6-12-25)30-21-26(19-20-29(30)32)24-17-15-23(16-18-24)22-9-3-1-4-10-22/h1-21H. The molecule has 0 radical (unpaired) electrons. The fourth-order valence-corrected chi connectivity index (χ4v) is 5.40. The van der Waals surface area contributed by atoms with Crippen LogP contribution in [-0.2, 0) is 0 Å². The van der Waals surface area contributed by atoms with E-state index in [4.69, 9.17) is 0 Å². The predicted molar refractivity (Wildman–Crippen MR) is 145 cm³/mol. The van der Waals surface area contributed by atoms with Gasteiger partial charge in [-0.2, -0.15) is 0 Å². The van der Waals surface area contributed by atoms with Crippen LogP contribution in [0.1, 0.15) is 0 Å². The average Bonchev–Trinajstić information content (AvgIpc) is 2.90. The maximum Gasteiger partial charge on any atom is 0.0332 e. The van der Waals surface area contributed by atoms with Crippen LogP contribution in [-0.4, -0.2) is 0 Å². The minimum absolute atomic E-state index is 1.15. The summed E-state index contributed by atoms with van der Waals surface area (Å²) >= 11 is 3.91. The van der Waals surface area contributed by atoms with Gasteiger partial charge in [0.25, 0.3) is 0 Å². The Hall–Kier alpha value is -3.68. The van der Waals surface area contributed by atoms with Crippen molar-refractivity contribution in [2.45, 2.75) is 0 Å². The van der Waals surface area contributed by atoms with Crippen molar-refractivity contribution < 1.29 is 0 Å². The summed E-state index contributed by atoms with van der Waals surface area (Å²) in [6.45, 7) is 0. The number of benzene rings is 6. The van der Waals surface area contributed by atoms with Crippen molar-refractivity contribution in [3.63, 3.8) is 0 Å². The lowest BCUT2D eigenvalue weighted by molar-refractivity contribution is 1.60. The predicted octanol–water partition coefficient (Wildman–Crippen LogP) is 9.76. The summed E-state index contributed by atoms with van der Waals surface area (Å²) < 4.78 is 1.15. The Morgan fingerprint density at radius 1 is 0.333 bits per heavy atom. The molecular formula is C32H21Br. The van der Waals surface area contributed by atoms with Crippen molar-refractivity contribution in [2.75, 3.05) is 0 Å². The molecule has 6 aromatic rings. The van der Waals surface area contributed by atoms with E-state index < -0.39 is 0 Å². The number of hydrogen-bond acceptors (Lipinski definition) is 0. The van der Waals surface area contributed by atoms with Crippen LogP contribution in [0.15, 0.2) is 132 Å². The Kier molecular flexibility index (Phi) is 5.05. The van der Waals surface area contributed by atoms with Gasteiger partial charge in [0.05, 0.1) is 0 Å². The van der Waals surface area contributed by atoms with Crippen molar-refractivity contribution in [3.8, 4) is 33.4 Å². The van der Waals surface area contributed by atoms with Gasteiger partial charge in [0, 0.05) is 4.47 Å². The van der Waals surface area contributed by atoms with Crippen LogP contribution in [0.2, 0.25) is 0 Å². The van der Waals surface area contributed by atoms with Crippen molar-refractivity contribution >= 4 is 37.5 Å². The van der Waals surface area contributed by atoms with Crippen molar-refractivity contribution in [1.82, 2.24) is 0 Å². The molecule has 1 heteroatoms. The molecular weight excluding hydrogens is 464 g/mol. The van der Waals surface area contributed by atoms with Crippen LogP contribution in [0.25, 0.3) is 54.9 Å². The molecule has 0 atom stereocenters. The molecule has 0 heterocycles. The van der Waals surface area contributed by atoms with Gasteiger partial charge in [-0.15, -0.1) is 0 Å². The summed E-state index contributed by atoms with van der Waals surface area (Å²) in [6, 6.07) is 45.6. The zero-order valence-electron chi connectivity index (χ0n) is 18.0. The first-order valence-corrected chi connectivity index (χ1v) is 11.9. The lowest BCUT2D eigenvalue weighted by Gasteiger charge is -2.16. The van der Waals surface area contributed by atoms with E-state index in [0.29, 0.717) is 0 Å². The Bertz CT molecular complexity index is 1580. The summed E-state index contributed by atoms with van der Waals surface area (Å²) in [6.07, 6.45) is 0. The third-order valence-corrected chi connectivity index (χ3v) is 7.20. The third-order valence-electron chi connectivity index (χ3n) is 6.35. The molecule has 0 fully saturated rings. The largest absolute Gasteiger partial charge is 0.0622 e. The molecule has 0 aromatic heterocycles. The van der Waals surface area contributed by atoms with Crippen LogP contribution in [0.5, 0.6) is 0 Å². The fourth-order valence-electron chi connectivity index (χ4n) is 4.71. The average molecular weight is 485 g/mol. The summed E-state index contributed by atoms with van der Waals surface area (Å²) in [5.41, 5.74) is 7.44. The SMILES string of the molecule is Brc1c2ccccc2c(-c2ccccc2)c2cc(-c3ccc(-c4ccccc4)cc3)ccc12. The van der Waals surface area contributed by atoms with Crippen LogP contribution in [0.4, 0.5) is 0 Å². The molecule has 0 saturated carbocycles. The van der Waals surface area contributed by atoms with E-state index in [2.05, 4.69) is 143 Å². The van der Waals surface area contributed by atoms with Crippen LogP contribution < -0.4 is 0 Å². The number of fused-ring (bicyclic) bond motifs is 2. The highest BCUT2D eigenvalue weighted by Crippen LogP contribution is 2.43. The second kappa shape index (κ2) is 8.35. The third kappa shape index (κ3) is 3.55. The minimum atomic E-state index is 1.15. The summed E-state index contributed by atoms with van der Waals surface area (Å²) in [5, 5.41) is 5.00. The van der Waals surface area contributed by atoms with Gasteiger partial charge in [-0.05, 0) is 76.9 Å². The highest BCUT2D eigenvalue weighted by molar-refractivity contribution is 9.10. The van der Waals surface area contributed by atoms with E-state index >= 15 is 0 Å². The molecule has 6 rings (SSSR count). The smallest absolute Gasteiger partial charge is 0.0332 e. The lowest BCUT2D eigenvalue weighted by atomic mass is 9.90. The Labute approximate surface area is 202 Å². The minimum Gasteiger partial charge on any atom is -0.0622 e. The quantitative estimate of drug-likeness (QED) is 0.219. The molecule has 0 aliphatic rings. The molecule has 0 amide bonds. The molecule has 0 nitrogen and oxygen atoms in total. The first kappa shape index (κ1) is 20.0. The van der Waals surface area contributed by atoms with E-state index in [1.807, 2.05) is 0 Å². The molecule has 0 aliphatic heterocycles. The van der Waals surface area contributed by atoms with Gasteiger partial charge in [-0.25, -0.2) is 0 Å². The molecule has 0 aliphatic carbocycles. The fraction of sp³-hybridized carbons (Fsp3) is 0. The maximum absolute atomic E-state index is 3.91. The van der Waals surface area contributed by atoms with E-state index in [1.54, 1.807) is 0 Å². The second-order valence-corrected chi connectivity index (χ2v) is 9.10. The topological polar surface area (TPSA) is 0 Å².